The summed E-state index contributed by atoms with van der Waals surface area (Å²) in [6.07, 6.45) is 1.36. The number of fused-ring (bicyclic) bond motifs is 2. The molecule has 1 spiro atoms. The van der Waals surface area contributed by atoms with Gasteiger partial charge in [0.25, 0.3) is 0 Å². The lowest BCUT2D eigenvalue weighted by Crippen LogP contribution is -2.51. The van der Waals surface area contributed by atoms with Crippen molar-refractivity contribution in [1.29, 1.82) is 0 Å². The summed E-state index contributed by atoms with van der Waals surface area (Å²) < 4.78 is 20.7. The molecule has 2 heterocycles. The number of hydrogen-bond acceptors (Lipinski definition) is 9. The lowest BCUT2D eigenvalue weighted by atomic mass is 9.67. The fraction of sp³-hybridized carbons (Fsp3) is 0.304. The molecule has 1 aromatic carbocycles. The van der Waals surface area contributed by atoms with Gasteiger partial charge in [0, 0.05) is 11.3 Å². The Kier molecular flexibility index (Phi) is 6.57. The minimum atomic E-state index is -2.05. The molecule has 1 atom stereocenters. The van der Waals surface area contributed by atoms with E-state index in [9.17, 15) is 19.2 Å². The number of benzene rings is 1. The minimum absolute atomic E-state index is 0.0215. The van der Waals surface area contributed by atoms with Crippen LogP contribution in [0.15, 0.2) is 59.7 Å². The number of para-hydroxylation sites is 1. The van der Waals surface area contributed by atoms with Crippen LogP contribution >= 0.6 is 0 Å². The molecule has 10 nitrogen and oxygen atoms in total. The number of allylic oxidation sites excluding steroid dienone is 1. The average Bonchev–Trinajstić information content (AvgIpc) is 3.01. The summed E-state index contributed by atoms with van der Waals surface area (Å²) in [6.45, 7) is 5.90. The Morgan fingerprint density at radius 3 is 2.48 bits per heavy atom. The maximum absolute atomic E-state index is 14.1. The van der Waals surface area contributed by atoms with Gasteiger partial charge in [0.15, 0.2) is 0 Å². The number of amides is 1. The first-order valence-corrected chi connectivity index (χ1v) is 10.1. The molecule has 2 aliphatic rings. The number of methoxy groups -OCH3 is 1. The molecular weight excluding hydrogens is 432 g/mol. The summed E-state index contributed by atoms with van der Waals surface area (Å²) in [6, 6.07) is 6.43. The highest BCUT2D eigenvalue weighted by molar-refractivity contribution is 6.23. The highest BCUT2D eigenvalue weighted by atomic mass is 16.5. The highest BCUT2D eigenvalue weighted by Gasteiger charge is 2.64. The lowest BCUT2D eigenvalue weighted by Gasteiger charge is -2.36. The quantitative estimate of drug-likeness (QED) is 0.365. The van der Waals surface area contributed by atoms with Gasteiger partial charge < -0.3 is 24.7 Å². The van der Waals surface area contributed by atoms with Crippen LogP contribution in [0.1, 0.15) is 19.4 Å². The first-order valence-electron chi connectivity index (χ1n) is 10.1. The van der Waals surface area contributed by atoms with E-state index in [4.69, 9.17) is 24.7 Å². The van der Waals surface area contributed by atoms with Crippen LogP contribution in [-0.4, -0.2) is 50.7 Å². The maximum atomic E-state index is 14.1. The molecule has 0 saturated carbocycles. The molecule has 33 heavy (non-hydrogen) atoms. The number of carbonyl (C=O) groups excluding carboxylic acids is 4. The molecule has 0 saturated heterocycles. The smallest absolute Gasteiger partial charge is 0.341 e. The molecule has 0 bridgehead atoms. The van der Waals surface area contributed by atoms with Crippen molar-refractivity contribution in [2.24, 2.45) is 5.73 Å². The third kappa shape index (κ3) is 3.63. The Morgan fingerprint density at radius 1 is 1.18 bits per heavy atom. The van der Waals surface area contributed by atoms with Gasteiger partial charge in [-0.05, 0) is 19.9 Å². The Morgan fingerprint density at radius 2 is 1.85 bits per heavy atom. The van der Waals surface area contributed by atoms with Crippen LogP contribution in [0, 0.1) is 0 Å². The van der Waals surface area contributed by atoms with Crippen LogP contribution in [0.2, 0.25) is 0 Å². The molecule has 10 heteroatoms. The van der Waals surface area contributed by atoms with Crippen molar-refractivity contribution in [2.75, 3.05) is 31.8 Å². The SMILES string of the molecule is C=CCOC(=O)C1=C(C)OC(N)=C(C(=O)OCC)[C@]12C(=O)N(CC(=O)OC)c1ccccc12. The van der Waals surface area contributed by atoms with Crippen LogP contribution in [0.25, 0.3) is 0 Å². The summed E-state index contributed by atoms with van der Waals surface area (Å²) in [5, 5.41) is 0. The molecule has 0 unspecified atom stereocenters. The summed E-state index contributed by atoms with van der Waals surface area (Å²) >= 11 is 0. The second-order valence-electron chi connectivity index (χ2n) is 7.11. The van der Waals surface area contributed by atoms with Gasteiger partial charge >= 0.3 is 17.9 Å². The average molecular weight is 456 g/mol. The monoisotopic (exact) mass is 456 g/mol. The summed E-state index contributed by atoms with van der Waals surface area (Å²) in [5.74, 6) is -3.75. The van der Waals surface area contributed by atoms with Crippen molar-refractivity contribution in [3.05, 3.63) is 65.3 Å². The molecule has 1 aromatic rings. The van der Waals surface area contributed by atoms with E-state index in [0.717, 1.165) is 4.90 Å². The second-order valence-corrected chi connectivity index (χ2v) is 7.11. The molecule has 2 aliphatic heterocycles. The molecule has 0 aliphatic carbocycles. The number of esters is 3. The number of rotatable bonds is 7. The fourth-order valence-electron chi connectivity index (χ4n) is 4.09. The van der Waals surface area contributed by atoms with Crippen molar-refractivity contribution in [3.63, 3.8) is 0 Å². The maximum Gasteiger partial charge on any atom is 0.341 e. The summed E-state index contributed by atoms with van der Waals surface area (Å²) in [5.41, 5.74) is 3.98. The van der Waals surface area contributed by atoms with Gasteiger partial charge in [0.05, 0.1) is 13.7 Å². The van der Waals surface area contributed by atoms with Crippen LogP contribution in [0.3, 0.4) is 0 Å². The Balaban J connectivity index is 2.37. The van der Waals surface area contributed by atoms with E-state index in [1.165, 1.54) is 20.1 Å². The van der Waals surface area contributed by atoms with Crippen molar-refractivity contribution in [2.45, 2.75) is 19.3 Å². The van der Waals surface area contributed by atoms with Gasteiger partial charge in [-0.1, -0.05) is 30.9 Å². The third-order valence-corrected chi connectivity index (χ3v) is 5.31. The standard InChI is InChI=1S/C23H24N2O8/c1-5-11-32-20(27)17-13(3)33-19(24)18(21(28)31-6-2)23(17)14-9-7-8-10-15(14)25(22(23)29)12-16(26)30-4/h5,7-10H,1,6,11-12,24H2,2-4H3/t23-/m1/s1. The van der Waals surface area contributed by atoms with Crippen LogP contribution < -0.4 is 10.6 Å². The van der Waals surface area contributed by atoms with Crippen LogP contribution in [0.4, 0.5) is 5.69 Å². The Hall–Kier alpha value is -4.08. The van der Waals surface area contributed by atoms with E-state index in [1.54, 1.807) is 31.2 Å². The molecule has 0 fully saturated rings. The van der Waals surface area contributed by atoms with Gasteiger partial charge in [-0.15, -0.1) is 0 Å². The van der Waals surface area contributed by atoms with E-state index in [-0.39, 0.29) is 35.7 Å². The van der Waals surface area contributed by atoms with Gasteiger partial charge in [0.2, 0.25) is 11.8 Å². The van der Waals surface area contributed by atoms with Gasteiger partial charge in [0.1, 0.15) is 35.5 Å². The van der Waals surface area contributed by atoms with E-state index >= 15 is 0 Å². The Bertz CT molecular complexity index is 1100. The zero-order chi connectivity index (χ0) is 24.3. The number of anilines is 1. The predicted octanol–water partition coefficient (Wildman–Crippen LogP) is 1.21. The molecule has 0 radical (unpaired) electrons. The van der Waals surface area contributed by atoms with Crippen molar-refractivity contribution >= 4 is 29.5 Å². The number of hydrogen-bond donors (Lipinski definition) is 1. The molecule has 2 N–H and O–H groups in total. The number of carbonyl (C=O) groups is 4. The zero-order valence-corrected chi connectivity index (χ0v) is 18.5. The largest absolute Gasteiger partial charge is 0.468 e. The minimum Gasteiger partial charge on any atom is -0.468 e. The van der Waals surface area contributed by atoms with Crippen molar-refractivity contribution < 1.29 is 38.1 Å². The highest BCUT2D eigenvalue weighted by Crippen LogP contribution is 2.54. The topological polar surface area (TPSA) is 134 Å². The summed E-state index contributed by atoms with van der Waals surface area (Å²) in [4.78, 5) is 53.7. The van der Waals surface area contributed by atoms with Crippen molar-refractivity contribution in [3.8, 4) is 0 Å². The van der Waals surface area contributed by atoms with Crippen LogP contribution in [-0.2, 0) is 43.5 Å². The third-order valence-electron chi connectivity index (χ3n) is 5.31. The normalized spacial score (nSPS) is 19.2. The lowest BCUT2D eigenvalue weighted by molar-refractivity contribution is -0.143. The molecule has 3 rings (SSSR count). The predicted molar refractivity (Wildman–Crippen MR) is 115 cm³/mol. The number of nitrogens with two attached hydrogens (primary N) is 1. The Labute approximate surface area is 190 Å². The number of ether oxygens (including phenoxy) is 4. The molecular formula is C23H24N2O8. The first-order chi connectivity index (χ1) is 15.7. The summed E-state index contributed by atoms with van der Waals surface area (Å²) in [7, 11) is 1.18. The van der Waals surface area contributed by atoms with E-state index in [2.05, 4.69) is 6.58 Å². The molecule has 0 aromatic heterocycles. The number of nitrogens with zero attached hydrogens (tertiary/aromatic N) is 1. The van der Waals surface area contributed by atoms with Gasteiger partial charge in [-0.25, -0.2) is 9.59 Å². The second kappa shape index (κ2) is 9.19. The zero-order valence-electron chi connectivity index (χ0n) is 18.5. The van der Waals surface area contributed by atoms with E-state index in [1.807, 2.05) is 0 Å². The van der Waals surface area contributed by atoms with Crippen LogP contribution in [0.5, 0.6) is 0 Å². The molecule has 1 amide bonds. The first kappa shape index (κ1) is 23.6. The van der Waals surface area contributed by atoms with E-state index < -0.39 is 41.7 Å². The van der Waals surface area contributed by atoms with Crippen molar-refractivity contribution in [1.82, 2.24) is 0 Å². The van der Waals surface area contributed by atoms with Gasteiger partial charge in [-0.2, -0.15) is 0 Å². The molecule has 174 valence electrons. The van der Waals surface area contributed by atoms with Gasteiger partial charge in [-0.3, -0.25) is 14.5 Å². The fourth-order valence-corrected chi connectivity index (χ4v) is 4.09. The van der Waals surface area contributed by atoms with E-state index in [0.29, 0.717) is 5.69 Å².